The monoisotopic (exact) mass is 381 g/mol. The minimum Gasteiger partial charge on any atom is -0.354 e. The molecule has 0 radical (unpaired) electrons. The maximum atomic E-state index is 12.1. The van der Waals surface area contributed by atoms with E-state index < -0.39 is 0 Å². The van der Waals surface area contributed by atoms with E-state index in [-0.39, 0.29) is 11.1 Å². The van der Waals surface area contributed by atoms with Gasteiger partial charge >= 0.3 is 0 Å². The van der Waals surface area contributed by atoms with E-state index in [0.717, 1.165) is 44.1 Å². The van der Waals surface area contributed by atoms with Gasteiger partial charge in [0.15, 0.2) is 0 Å². The lowest BCUT2D eigenvalue weighted by Crippen LogP contribution is -2.46. The predicted octanol–water partition coefficient (Wildman–Crippen LogP) is 2.79. The van der Waals surface area contributed by atoms with E-state index >= 15 is 0 Å². The summed E-state index contributed by atoms with van der Waals surface area (Å²) in [6, 6.07) is 5.51. The molecule has 0 spiro atoms. The van der Waals surface area contributed by atoms with Crippen LogP contribution >= 0.6 is 23.2 Å². The van der Waals surface area contributed by atoms with Crippen LogP contribution in [0.3, 0.4) is 0 Å². The quantitative estimate of drug-likeness (QED) is 0.835. The molecule has 0 aromatic carbocycles. The molecule has 0 saturated carbocycles. The summed E-state index contributed by atoms with van der Waals surface area (Å²) < 4.78 is 0. The number of aromatic nitrogens is 2. The Labute approximate surface area is 157 Å². The minimum atomic E-state index is -0.256. The molecular weight excluding hydrogens is 361 g/mol. The molecule has 0 bridgehead atoms. The molecule has 3 heterocycles. The van der Waals surface area contributed by atoms with Gasteiger partial charge in [-0.2, -0.15) is 0 Å². The Balaban J connectivity index is 1.53. The van der Waals surface area contributed by atoms with Crippen molar-refractivity contribution in [3.8, 4) is 0 Å². The van der Waals surface area contributed by atoms with Crippen molar-refractivity contribution in [1.29, 1.82) is 0 Å². The molecule has 1 aliphatic rings. The molecule has 0 unspecified atom stereocenters. The van der Waals surface area contributed by atoms with Crippen LogP contribution in [-0.4, -0.2) is 53.5 Å². The Morgan fingerprint density at radius 3 is 2.60 bits per heavy atom. The smallest absolute Gasteiger partial charge is 0.268 e. The number of hydrogen-bond donors (Lipinski definition) is 2. The van der Waals surface area contributed by atoms with Crippen molar-refractivity contribution in [3.63, 3.8) is 0 Å². The summed E-state index contributed by atoms with van der Waals surface area (Å²) in [5, 5.41) is 3.42. The first-order chi connectivity index (χ1) is 12.1. The van der Waals surface area contributed by atoms with Crippen molar-refractivity contribution in [3.05, 3.63) is 45.8 Å². The number of nitrogens with one attached hydrogen (secondary N) is 2. The van der Waals surface area contributed by atoms with Gasteiger partial charge in [-0.05, 0) is 24.2 Å². The standard InChI is InChI=1S/C17H21Cl2N5O/c1-2-23-5-7-24(8-6-23)15-4-3-12(10-20-15)11-21-17(25)14-9-13(18)16(19)22-14/h3-4,9-10,22H,2,5-8,11H2,1H3,(H,21,25). The van der Waals surface area contributed by atoms with E-state index in [1.54, 1.807) is 6.20 Å². The van der Waals surface area contributed by atoms with Gasteiger partial charge < -0.3 is 20.1 Å². The molecule has 1 fully saturated rings. The second-order valence-electron chi connectivity index (χ2n) is 5.97. The van der Waals surface area contributed by atoms with E-state index in [4.69, 9.17) is 23.2 Å². The fraction of sp³-hybridized carbons (Fsp3) is 0.412. The number of carbonyl (C=O) groups is 1. The summed E-state index contributed by atoms with van der Waals surface area (Å²) in [6.07, 6.45) is 1.80. The molecule has 25 heavy (non-hydrogen) atoms. The van der Waals surface area contributed by atoms with E-state index in [1.807, 2.05) is 12.1 Å². The van der Waals surface area contributed by atoms with Crippen molar-refractivity contribution < 1.29 is 4.79 Å². The fourth-order valence-electron chi connectivity index (χ4n) is 2.81. The van der Waals surface area contributed by atoms with Crippen LogP contribution in [0.2, 0.25) is 10.2 Å². The number of likely N-dealkylation sites (N-methyl/N-ethyl adjacent to an activating group) is 1. The average Bonchev–Trinajstić information content (AvgIpc) is 2.99. The Bertz CT molecular complexity index is 704. The van der Waals surface area contributed by atoms with E-state index in [0.29, 0.717) is 17.3 Å². The fourth-order valence-corrected chi connectivity index (χ4v) is 3.12. The molecule has 1 aliphatic heterocycles. The lowest BCUT2D eigenvalue weighted by Gasteiger charge is -2.34. The number of H-pyrrole nitrogens is 1. The molecule has 2 aromatic rings. The summed E-state index contributed by atoms with van der Waals surface area (Å²) >= 11 is 11.7. The lowest BCUT2D eigenvalue weighted by atomic mass is 10.2. The molecule has 8 heteroatoms. The molecule has 0 aliphatic carbocycles. The maximum Gasteiger partial charge on any atom is 0.268 e. The summed E-state index contributed by atoms with van der Waals surface area (Å²) in [5.74, 6) is 0.724. The number of anilines is 1. The van der Waals surface area contributed by atoms with E-state index in [1.165, 1.54) is 6.07 Å². The summed E-state index contributed by atoms with van der Waals surface area (Å²) in [4.78, 5) is 24.0. The number of aromatic amines is 1. The third-order valence-corrected chi connectivity index (χ3v) is 5.07. The topological polar surface area (TPSA) is 64.3 Å². The molecule has 1 amide bonds. The minimum absolute atomic E-state index is 0.256. The van der Waals surface area contributed by atoms with Crippen LogP contribution in [0.1, 0.15) is 23.0 Å². The molecule has 0 atom stereocenters. The highest BCUT2D eigenvalue weighted by Gasteiger charge is 2.16. The Morgan fingerprint density at radius 2 is 2.04 bits per heavy atom. The first-order valence-corrected chi connectivity index (χ1v) is 9.07. The first-order valence-electron chi connectivity index (χ1n) is 8.31. The maximum absolute atomic E-state index is 12.1. The van der Waals surface area contributed by atoms with Crippen molar-refractivity contribution in [1.82, 2.24) is 20.2 Å². The highest BCUT2D eigenvalue weighted by molar-refractivity contribution is 6.41. The van der Waals surface area contributed by atoms with Gasteiger partial charge in [0, 0.05) is 38.9 Å². The number of hydrogen-bond acceptors (Lipinski definition) is 4. The first kappa shape index (κ1) is 18.0. The van der Waals surface area contributed by atoms with Crippen molar-refractivity contribution in [2.45, 2.75) is 13.5 Å². The number of rotatable bonds is 5. The van der Waals surface area contributed by atoms with Gasteiger partial charge in [0.25, 0.3) is 5.91 Å². The zero-order chi connectivity index (χ0) is 17.8. The molecule has 3 rings (SSSR count). The van der Waals surface area contributed by atoms with Crippen molar-refractivity contribution in [2.24, 2.45) is 0 Å². The van der Waals surface area contributed by atoms with Gasteiger partial charge in [0.1, 0.15) is 16.7 Å². The number of piperazine rings is 1. The Morgan fingerprint density at radius 1 is 1.28 bits per heavy atom. The van der Waals surface area contributed by atoms with Crippen LogP contribution in [0.15, 0.2) is 24.4 Å². The number of pyridine rings is 1. The second-order valence-corrected chi connectivity index (χ2v) is 6.76. The highest BCUT2D eigenvalue weighted by atomic mass is 35.5. The largest absolute Gasteiger partial charge is 0.354 e. The van der Waals surface area contributed by atoms with Crippen molar-refractivity contribution in [2.75, 3.05) is 37.6 Å². The molecule has 2 aromatic heterocycles. The normalized spacial score (nSPS) is 15.4. The van der Waals surface area contributed by atoms with Crippen LogP contribution in [0.25, 0.3) is 0 Å². The molecule has 134 valence electrons. The Hall–Kier alpha value is -1.76. The summed E-state index contributed by atoms with van der Waals surface area (Å²) in [6.45, 7) is 7.79. The molecule has 6 nitrogen and oxygen atoms in total. The van der Waals surface area contributed by atoms with E-state index in [9.17, 15) is 4.79 Å². The third kappa shape index (κ3) is 4.45. The van der Waals surface area contributed by atoms with Gasteiger partial charge in [0.05, 0.1) is 5.02 Å². The van der Waals surface area contributed by atoms with Crippen LogP contribution < -0.4 is 10.2 Å². The van der Waals surface area contributed by atoms with Crippen molar-refractivity contribution >= 4 is 34.9 Å². The number of carbonyl (C=O) groups excluding carboxylic acids is 1. The summed E-state index contributed by atoms with van der Waals surface area (Å²) in [7, 11) is 0. The van der Waals surface area contributed by atoms with Gasteiger partial charge in [-0.3, -0.25) is 4.79 Å². The summed E-state index contributed by atoms with van der Waals surface area (Å²) in [5.41, 5.74) is 1.28. The number of halogens is 2. The van der Waals surface area contributed by atoms with Gasteiger partial charge in [0.2, 0.25) is 0 Å². The molecular formula is C17H21Cl2N5O. The lowest BCUT2D eigenvalue weighted by molar-refractivity contribution is 0.0946. The van der Waals surface area contributed by atoms with Crippen LogP contribution in [0, 0.1) is 0 Å². The predicted molar refractivity (Wildman–Crippen MR) is 101 cm³/mol. The third-order valence-electron chi connectivity index (χ3n) is 4.38. The molecule has 1 saturated heterocycles. The SMILES string of the molecule is CCN1CCN(c2ccc(CNC(=O)c3cc(Cl)c(Cl)[nH]3)cn2)CC1. The average molecular weight is 382 g/mol. The second kappa shape index (κ2) is 8.08. The zero-order valence-corrected chi connectivity index (χ0v) is 15.6. The van der Waals surface area contributed by atoms with Crippen LogP contribution in [0.5, 0.6) is 0 Å². The van der Waals surface area contributed by atoms with Gasteiger partial charge in [-0.15, -0.1) is 0 Å². The van der Waals surface area contributed by atoms with Gasteiger partial charge in [-0.25, -0.2) is 4.98 Å². The number of amides is 1. The van der Waals surface area contributed by atoms with Crippen LogP contribution in [0.4, 0.5) is 5.82 Å². The highest BCUT2D eigenvalue weighted by Crippen LogP contribution is 2.21. The van der Waals surface area contributed by atoms with Crippen LogP contribution in [-0.2, 0) is 6.54 Å². The van der Waals surface area contributed by atoms with E-state index in [2.05, 4.69) is 32.0 Å². The molecule has 2 N–H and O–H groups in total. The Kier molecular flexibility index (Phi) is 5.83. The van der Waals surface area contributed by atoms with Gasteiger partial charge in [-0.1, -0.05) is 36.2 Å². The number of nitrogens with zero attached hydrogens (tertiary/aromatic N) is 3. The zero-order valence-electron chi connectivity index (χ0n) is 14.1.